The highest BCUT2D eigenvalue weighted by molar-refractivity contribution is 5.75. The van der Waals surface area contributed by atoms with Gasteiger partial charge in [0.25, 0.3) is 0 Å². The normalized spacial score (nSPS) is 21.1. The molecule has 0 atom stereocenters. The molecule has 0 radical (unpaired) electrons. The Bertz CT molecular complexity index is 468. The van der Waals surface area contributed by atoms with Gasteiger partial charge in [-0.05, 0) is 43.2 Å². The zero-order chi connectivity index (χ0) is 14.5. The van der Waals surface area contributed by atoms with Gasteiger partial charge in [-0.15, -0.1) is 0 Å². The Balaban J connectivity index is 1.70. The summed E-state index contributed by atoms with van der Waals surface area (Å²) >= 11 is 0. The second kappa shape index (κ2) is 7.11. The number of para-hydroxylation sites is 1. The first-order chi connectivity index (χ1) is 10.3. The summed E-state index contributed by atoms with van der Waals surface area (Å²) in [6.07, 6.45) is 12.0. The Morgan fingerprint density at radius 2 is 1.48 bits per heavy atom. The third kappa shape index (κ3) is 3.66. The van der Waals surface area contributed by atoms with E-state index in [0.29, 0.717) is 5.92 Å². The minimum Gasteiger partial charge on any atom is -0.426 e. The lowest BCUT2D eigenvalue weighted by Gasteiger charge is -2.25. The molecule has 2 nitrogen and oxygen atoms in total. The van der Waals surface area contributed by atoms with Gasteiger partial charge in [-0.3, -0.25) is 4.79 Å². The van der Waals surface area contributed by atoms with Crippen LogP contribution in [0.3, 0.4) is 0 Å². The molecule has 3 rings (SSSR count). The lowest BCUT2D eigenvalue weighted by atomic mass is 9.83. The monoisotopic (exact) mass is 286 g/mol. The van der Waals surface area contributed by atoms with E-state index in [-0.39, 0.29) is 11.9 Å². The van der Waals surface area contributed by atoms with Gasteiger partial charge in [0.15, 0.2) is 0 Å². The molecular weight excluding hydrogens is 260 g/mol. The van der Waals surface area contributed by atoms with Crippen molar-refractivity contribution >= 4 is 5.97 Å². The van der Waals surface area contributed by atoms with Gasteiger partial charge >= 0.3 is 5.97 Å². The quantitative estimate of drug-likeness (QED) is 0.562. The second-order valence-corrected chi connectivity index (χ2v) is 6.63. The Morgan fingerprint density at radius 1 is 0.857 bits per heavy atom. The van der Waals surface area contributed by atoms with E-state index in [1.165, 1.54) is 56.9 Å². The standard InChI is InChI=1S/C19H26O2/c20-19(16-11-5-2-6-12-16)21-18-14-8-7-13-17(18)15-9-3-1-4-10-15/h7-8,13-16H,1-6,9-12H2. The molecule has 0 unspecified atom stereocenters. The fraction of sp³-hybridized carbons (Fsp3) is 0.632. The summed E-state index contributed by atoms with van der Waals surface area (Å²) in [5, 5.41) is 0. The Kier molecular flexibility index (Phi) is 4.95. The van der Waals surface area contributed by atoms with Crippen molar-refractivity contribution in [1.82, 2.24) is 0 Å². The van der Waals surface area contributed by atoms with Crippen LogP contribution < -0.4 is 4.74 Å². The van der Waals surface area contributed by atoms with Crippen LogP contribution in [0.4, 0.5) is 0 Å². The first-order valence-corrected chi connectivity index (χ1v) is 8.65. The molecule has 0 amide bonds. The van der Waals surface area contributed by atoms with E-state index in [1.807, 2.05) is 12.1 Å². The molecule has 2 aliphatic rings. The van der Waals surface area contributed by atoms with Crippen LogP contribution >= 0.6 is 0 Å². The fourth-order valence-electron chi connectivity index (χ4n) is 3.85. The number of carbonyl (C=O) groups is 1. The van der Waals surface area contributed by atoms with E-state index in [9.17, 15) is 4.79 Å². The predicted molar refractivity (Wildman–Crippen MR) is 84.5 cm³/mol. The number of carbonyl (C=O) groups excluding carboxylic acids is 1. The van der Waals surface area contributed by atoms with Crippen LogP contribution in [0, 0.1) is 5.92 Å². The summed E-state index contributed by atoms with van der Waals surface area (Å²) in [7, 11) is 0. The number of rotatable bonds is 3. The smallest absolute Gasteiger partial charge is 0.314 e. The van der Waals surface area contributed by atoms with E-state index in [4.69, 9.17) is 4.74 Å². The van der Waals surface area contributed by atoms with Crippen molar-refractivity contribution in [1.29, 1.82) is 0 Å². The van der Waals surface area contributed by atoms with Gasteiger partial charge in [-0.2, -0.15) is 0 Å². The topological polar surface area (TPSA) is 26.3 Å². The van der Waals surface area contributed by atoms with Crippen LogP contribution in [0.2, 0.25) is 0 Å². The zero-order valence-electron chi connectivity index (χ0n) is 12.9. The van der Waals surface area contributed by atoms with Gasteiger partial charge in [0.05, 0.1) is 5.92 Å². The highest BCUT2D eigenvalue weighted by atomic mass is 16.5. The van der Waals surface area contributed by atoms with E-state index < -0.39 is 0 Å². The first kappa shape index (κ1) is 14.6. The molecule has 1 aromatic rings. The zero-order valence-corrected chi connectivity index (χ0v) is 12.9. The first-order valence-electron chi connectivity index (χ1n) is 8.65. The molecule has 2 saturated carbocycles. The summed E-state index contributed by atoms with van der Waals surface area (Å²) in [6.45, 7) is 0. The minimum atomic E-state index is -0.00189. The third-order valence-electron chi connectivity index (χ3n) is 5.11. The Labute approximate surface area is 127 Å². The van der Waals surface area contributed by atoms with Crippen molar-refractivity contribution in [3.8, 4) is 5.75 Å². The highest BCUT2D eigenvalue weighted by Crippen LogP contribution is 2.38. The average molecular weight is 286 g/mol. The molecule has 0 bridgehead atoms. The van der Waals surface area contributed by atoms with Gasteiger partial charge in [0.2, 0.25) is 0 Å². The summed E-state index contributed by atoms with van der Waals surface area (Å²) in [4.78, 5) is 12.4. The van der Waals surface area contributed by atoms with Crippen molar-refractivity contribution in [2.75, 3.05) is 0 Å². The van der Waals surface area contributed by atoms with Crippen molar-refractivity contribution < 1.29 is 9.53 Å². The van der Waals surface area contributed by atoms with Crippen molar-refractivity contribution in [3.05, 3.63) is 29.8 Å². The summed E-state index contributed by atoms with van der Waals surface area (Å²) in [5.41, 5.74) is 1.25. The van der Waals surface area contributed by atoms with Gasteiger partial charge < -0.3 is 4.74 Å². The predicted octanol–water partition coefficient (Wildman–Crippen LogP) is 5.22. The highest BCUT2D eigenvalue weighted by Gasteiger charge is 2.25. The van der Waals surface area contributed by atoms with Crippen LogP contribution in [0.1, 0.15) is 75.7 Å². The molecule has 0 saturated heterocycles. The molecule has 0 heterocycles. The molecule has 2 aliphatic carbocycles. The van der Waals surface area contributed by atoms with Gasteiger partial charge in [-0.25, -0.2) is 0 Å². The summed E-state index contributed by atoms with van der Waals surface area (Å²) < 4.78 is 5.80. The van der Waals surface area contributed by atoms with Crippen LogP contribution in [0.15, 0.2) is 24.3 Å². The van der Waals surface area contributed by atoms with Gasteiger partial charge in [-0.1, -0.05) is 56.7 Å². The third-order valence-corrected chi connectivity index (χ3v) is 5.11. The van der Waals surface area contributed by atoms with E-state index in [0.717, 1.165) is 18.6 Å². The molecular formula is C19H26O2. The van der Waals surface area contributed by atoms with Crippen molar-refractivity contribution in [2.24, 2.45) is 5.92 Å². The molecule has 0 spiro atoms. The van der Waals surface area contributed by atoms with Crippen LogP contribution in [-0.4, -0.2) is 5.97 Å². The largest absolute Gasteiger partial charge is 0.426 e. The number of hydrogen-bond acceptors (Lipinski definition) is 2. The van der Waals surface area contributed by atoms with Gasteiger partial charge in [0, 0.05) is 0 Å². The maximum absolute atomic E-state index is 12.4. The molecule has 0 N–H and O–H groups in total. The van der Waals surface area contributed by atoms with E-state index in [2.05, 4.69) is 12.1 Å². The average Bonchev–Trinajstić information content (AvgIpc) is 2.57. The number of esters is 1. The molecule has 0 aliphatic heterocycles. The Hall–Kier alpha value is -1.31. The molecule has 114 valence electrons. The minimum absolute atomic E-state index is 0.00189. The second-order valence-electron chi connectivity index (χ2n) is 6.63. The fourth-order valence-corrected chi connectivity index (χ4v) is 3.85. The van der Waals surface area contributed by atoms with E-state index >= 15 is 0 Å². The maximum Gasteiger partial charge on any atom is 0.314 e. The van der Waals surface area contributed by atoms with Gasteiger partial charge in [0.1, 0.15) is 5.75 Å². The van der Waals surface area contributed by atoms with Crippen LogP contribution in [0.25, 0.3) is 0 Å². The van der Waals surface area contributed by atoms with Crippen LogP contribution in [0.5, 0.6) is 5.75 Å². The lowest BCUT2D eigenvalue weighted by molar-refractivity contribution is -0.140. The molecule has 1 aromatic carbocycles. The van der Waals surface area contributed by atoms with Crippen molar-refractivity contribution in [2.45, 2.75) is 70.1 Å². The Morgan fingerprint density at radius 3 is 2.19 bits per heavy atom. The summed E-state index contributed by atoms with van der Waals surface area (Å²) in [6, 6.07) is 8.18. The molecule has 2 fully saturated rings. The maximum atomic E-state index is 12.4. The number of benzene rings is 1. The SMILES string of the molecule is O=C(Oc1ccccc1C1CCCCC1)C1CCCCC1. The summed E-state index contributed by atoms with van der Waals surface area (Å²) in [5.74, 6) is 1.52. The molecule has 21 heavy (non-hydrogen) atoms. The van der Waals surface area contributed by atoms with Crippen LogP contribution in [-0.2, 0) is 4.79 Å². The molecule has 2 heteroatoms. The number of hydrogen-bond donors (Lipinski definition) is 0. The molecule has 0 aromatic heterocycles. The number of ether oxygens (including phenoxy) is 1. The lowest BCUT2D eigenvalue weighted by Crippen LogP contribution is -2.23. The van der Waals surface area contributed by atoms with Crippen molar-refractivity contribution in [3.63, 3.8) is 0 Å². The van der Waals surface area contributed by atoms with E-state index in [1.54, 1.807) is 0 Å².